The Hall–Kier alpha value is -3.91. The number of hydrazine groups is 1. The molecule has 0 radical (unpaired) electrons. The molecule has 0 aliphatic rings. The Labute approximate surface area is 191 Å². The van der Waals surface area contributed by atoms with E-state index in [1.165, 1.54) is 5.56 Å². The number of nitrogens with one attached hydrogen (secondary N) is 3. The largest absolute Gasteiger partial charge is 0.493 e. The third-order valence-electron chi connectivity index (χ3n) is 4.27. The van der Waals surface area contributed by atoms with Crippen LogP contribution in [0.25, 0.3) is 0 Å². The van der Waals surface area contributed by atoms with Gasteiger partial charge in [-0.05, 0) is 54.2 Å². The summed E-state index contributed by atoms with van der Waals surface area (Å²) in [7, 11) is 0. The third-order valence-corrected chi connectivity index (χ3v) is 4.48. The van der Waals surface area contributed by atoms with Crippen LogP contribution in [-0.4, -0.2) is 30.1 Å². The van der Waals surface area contributed by atoms with Gasteiger partial charge in [0.1, 0.15) is 11.5 Å². The van der Waals surface area contributed by atoms with Crippen LogP contribution in [0.3, 0.4) is 0 Å². The van der Waals surface area contributed by atoms with Gasteiger partial charge in [0.15, 0.2) is 11.7 Å². The lowest BCUT2D eigenvalue weighted by molar-refractivity contribution is -0.123. The summed E-state index contributed by atoms with van der Waals surface area (Å²) >= 11 is 5.03. The Bertz CT molecular complexity index is 1030. The van der Waals surface area contributed by atoms with E-state index < -0.39 is 11.8 Å². The van der Waals surface area contributed by atoms with E-state index in [1.807, 2.05) is 36.4 Å². The molecule has 0 aromatic heterocycles. The molecule has 0 unspecified atom stereocenters. The van der Waals surface area contributed by atoms with Crippen molar-refractivity contribution < 1.29 is 19.1 Å². The maximum Gasteiger partial charge on any atom is 0.276 e. The average molecular weight is 450 g/mol. The molecule has 3 rings (SSSR count). The summed E-state index contributed by atoms with van der Waals surface area (Å²) in [5, 5.41) is 2.46. The summed E-state index contributed by atoms with van der Waals surface area (Å²) in [4.78, 5) is 24.1. The molecule has 164 valence electrons. The molecule has 0 heterocycles. The highest BCUT2D eigenvalue weighted by Gasteiger charge is 2.09. The van der Waals surface area contributed by atoms with Gasteiger partial charge in [-0.1, -0.05) is 48.5 Å². The Morgan fingerprint density at radius 2 is 1.38 bits per heavy atom. The Morgan fingerprint density at radius 1 is 0.750 bits per heavy atom. The van der Waals surface area contributed by atoms with Gasteiger partial charge < -0.3 is 9.47 Å². The van der Waals surface area contributed by atoms with Crippen molar-refractivity contribution in [3.8, 4) is 11.5 Å². The number of amides is 2. The first-order valence-electron chi connectivity index (χ1n) is 9.95. The second-order valence-corrected chi connectivity index (χ2v) is 7.07. The van der Waals surface area contributed by atoms with Gasteiger partial charge in [-0.25, -0.2) is 0 Å². The van der Waals surface area contributed by atoms with Crippen LogP contribution in [-0.2, 0) is 11.2 Å². The van der Waals surface area contributed by atoms with E-state index >= 15 is 0 Å². The minimum Gasteiger partial charge on any atom is -0.493 e. The lowest BCUT2D eigenvalue weighted by Crippen LogP contribution is -2.49. The van der Waals surface area contributed by atoms with Crippen molar-refractivity contribution in [2.24, 2.45) is 0 Å². The van der Waals surface area contributed by atoms with Crippen molar-refractivity contribution in [3.05, 3.63) is 96.1 Å². The highest BCUT2D eigenvalue weighted by molar-refractivity contribution is 7.80. The zero-order valence-corrected chi connectivity index (χ0v) is 18.1. The van der Waals surface area contributed by atoms with Crippen molar-refractivity contribution in [1.29, 1.82) is 0 Å². The van der Waals surface area contributed by atoms with E-state index in [4.69, 9.17) is 21.7 Å². The number of benzene rings is 3. The fraction of sp³-hybridized carbons (Fsp3) is 0.125. The van der Waals surface area contributed by atoms with Gasteiger partial charge in [-0.15, -0.1) is 0 Å². The van der Waals surface area contributed by atoms with Crippen molar-refractivity contribution in [3.63, 3.8) is 0 Å². The van der Waals surface area contributed by atoms with Crippen LogP contribution in [0.1, 0.15) is 15.9 Å². The summed E-state index contributed by atoms with van der Waals surface area (Å²) in [6.45, 7) is 0.344. The number of para-hydroxylation sites is 1. The number of hydrogen-bond acceptors (Lipinski definition) is 5. The van der Waals surface area contributed by atoms with E-state index in [1.54, 1.807) is 48.5 Å². The van der Waals surface area contributed by atoms with Crippen molar-refractivity contribution in [2.75, 3.05) is 13.2 Å². The van der Waals surface area contributed by atoms with E-state index in [0.29, 0.717) is 23.7 Å². The van der Waals surface area contributed by atoms with E-state index in [9.17, 15) is 9.59 Å². The molecule has 8 heteroatoms. The fourth-order valence-electron chi connectivity index (χ4n) is 2.67. The Kier molecular flexibility index (Phi) is 8.59. The predicted octanol–water partition coefficient (Wildman–Crippen LogP) is 3.02. The zero-order chi connectivity index (χ0) is 22.6. The first-order valence-corrected chi connectivity index (χ1v) is 10.4. The second-order valence-electron chi connectivity index (χ2n) is 6.67. The minimum atomic E-state index is -0.442. The van der Waals surface area contributed by atoms with Gasteiger partial charge in [-0.2, -0.15) is 0 Å². The van der Waals surface area contributed by atoms with Gasteiger partial charge in [0, 0.05) is 12.0 Å². The first-order chi connectivity index (χ1) is 15.6. The summed E-state index contributed by atoms with van der Waals surface area (Å²) in [6.07, 6.45) is 0.797. The molecule has 0 atom stereocenters. The fourth-order valence-corrected chi connectivity index (χ4v) is 2.81. The first kappa shape index (κ1) is 22.8. The van der Waals surface area contributed by atoms with Crippen LogP contribution in [0, 0.1) is 0 Å². The molecular weight excluding hydrogens is 426 g/mol. The predicted molar refractivity (Wildman–Crippen MR) is 125 cm³/mol. The summed E-state index contributed by atoms with van der Waals surface area (Å²) in [6, 6.07) is 25.7. The molecule has 0 saturated carbocycles. The summed E-state index contributed by atoms with van der Waals surface area (Å²) < 4.78 is 11.0. The highest BCUT2D eigenvalue weighted by atomic mass is 32.1. The quantitative estimate of drug-likeness (QED) is 0.362. The molecule has 7 nitrogen and oxygen atoms in total. The normalized spacial score (nSPS) is 10.0. The molecule has 3 aromatic rings. The van der Waals surface area contributed by atoms with E-state index in [-0.39, 0.29) is 11.7 Å². The van der Waals surface area contributed by atoms with Crippen LogP contribution in [0.15, 0.2) is 84.9 Å². The number of ether oxygens (including phenoxy) is 2. The Balaban J connectivity index is 1.36. The molecule has 0 aliphatic carbocycles. The number of carbonyl (C=O) groups excluding carboxylic acids is 2. The van der Waals surface area contributed by atoms with Gasteiger partial charge in [0.2, 0.25) is 0 Å². The van der Waals surface area contributed by atoms with E-state index in [0.717, 1.165) is 6.42 Å². The molecule has 32 heavy (non-hydrogen) atoms. The molecule has 0 aliphatic heterocycles. The molecular formula is C24H23N3O4S. The highest BCUT2D eigenvalue weighted by Crippen LogP contribution is 2.13. The van der Waals surface area contributed by atoms with Gasteiger partial charge in [0.25, 0.3) is 11.8 Å². The molecule has 0 bridgehead atoms. The number of hydrogen-bond donors (Lipinski definition) is 3. The zero-order valence-electron chi connectivity index (χ0n) is 17.2. The molecule has 0 saturated heterocycles. The van der Waals surface area contributed by atoms with Crippen molar-refractivity contribution in [1.82, 2.24) is 16.2 Å². The molecule has 0 spiro atoms. The van der Waals surface area contributed by atoms with Gasteiger partial charge in [0.05, 0.1) is 6.61 Å². The third kappa shape index (κ3) is 7.73. The standard InChI is InChI=1S/C24H23N3O4S/c28-22(17-31-20-9-5-2-6-10-20)26-27-24(32)25-23(29)19-11-13-21(14-12-19)30-16-15-18-7-3-1-4-8-18/h1-14H,15-17H2,(H,26,28)(H2,25,27,29,32). The van der Waals surface area contributed by atoms with Crippen molar-refractivity contribution >= 4 is 29.1 Å². The second kappa shape index (κ2) is 12.1. The molecule has 0 fully saturated rings. The minimum absolute atomic E-state index is 0.0359. The van der Waals surface area contributed by atoms with Gasteiger partial charge >= 0.3 is 0 Å². The van der Waals surface area contributed by atoms with Crippen LogP contribution >= 0.6 is 12.2 Å². The smallest absolute Gasteiger partial charge is 0.276 e. The van der Waals surface area contributed by atoms with Crippen LogP contribution in [0.2, 0.25) is 0 Å². The Morgan fingerprint density at radius 3 is 2.06 bits per heavy atom. The van der Waals surface area contributed by atoms with Crippen molar-refractivity contribution in [2.45, 2.75) is 6.42 Å². The topological polar surface area (TPSA) is 88.7 Å². The summed E-state index contributed by atoms with van der Waals surface area (Å²) in [5.41, 5.74) is 6.44. The number of rotatable bonds is 8. The number of carbonyl (C=O) groups is 2. The SMILES string of the molecule is O=C(COc1ccccc1)NNC(=S)NC(=O)c1ccc(OCCc2ccccc2)cc1. The average Bonchev–Trinajstić information content (AvgIpc) is 2.83. The van der Waals surface area contributed by atoms with Crippen LogP contribution in [0.5, 0.6) is 11.5 Å². The van der Waals surface area contributed by atoms with E-state index in [2.05, 4.69) is 16.2 Å². The summed E-state index contributed by atoms with van der Waals surface area (Å²) in [5.74, 6) is 0.394. The molecule has 2 amide bonds. The lowest BCUT2D eigenvalue weighted by atomic mass is 10.2. The molecule has 3 aromatic carbocycles. The lowest BCUT2D eigenvalue weighted by Gasteiger charge is -2.12. The number of thiocarbonyl (C=S) groups is 1. The van der Waals surface area contributed by atoms with Crippen LogP contribution in [0.4, 0.5) is 0 Å². The maximum atomic E-state index is 12.3. The molecule has 3 N–H and O–H groups in total. The van der Waals surface area contributed by atoms with Crippen LogP contribution < -0.4 is 25.6 Å². The monoisotopic (exact) mass is 449 g/mol. The van der Waals surface area contributed by atoms with Gasteiger partial charge in [-0.3, -0.25) is 25.8 Å². The maximum absolute atomic E-state index is 12.3.